The van der Waals surface area contributed by atoms with E-state index in [9.17, 15) is 20.1 Å². The van der Waals surface area contributed by atoms with Crippen LogP contribution in [0.2, 0.25) is 0 Å². The van der Waals surface area contributed by atoms with E-state index in [1.54, 1.807) is 6.07 Å². The molecule has 168 valence electrons. The number of ether oxygens (including phenoxy) is 1. The summed E-state index contributed by atoms with van der Waals surface area (Å²) in [4.78, 5) is 12.8. The van der Waals surface area contributed by atoms with Crippen molar-refractivity contribution in [1.82, 2.24) is 5.32 Å². The van der Waals surface area contributed by atoms with Crippen molar-refractivity contribution in [2.24, 2.45) is 5.92 Å². The van der Waals surface area contributed by atoms with Crippen molar-refractivity contribution in [1.29, 1.82) is 0 Å². The summed E-state index contributed by atoms with van der Waals surface area (Å²) in [5.41, 5.74) is 1.80. The van der Waals surface area contributed by atoms with Gasteiger partial charge >= 0.3 is 0 Å². The van der Waals surface area contributed by atoms with Crippen LogP contribution in [0, 0.1) is 5.92 Å². The molecule has 2 aromatic carbocycles. The van der Waals surface area contributed by atoms with Gasteiger partial charge in [-0.3, -0.25) is 4.79 Å². The fourth-order valence-electron chi connectivity index (χ4n) is 4.14. The number of carbonyl (C=O) groups is 1. The number of benzene rings is 2. The van der Waals surface area contributed by atoms with E-state index in [-0.39, 0.29) is 42.6 Å². The summed E-state index contributed by atoms with van der Waals surface area (Å²) < 4.78 is 5.69. The Balaban J connectivity index is 1.81. The van der Waals surface area contributed by atoms with Crippen LogP contribution in [0.3, 0.4) is 0 Å². The topological polar surface area (TPSA) is 99.0 Å². The zero-order chi connectivity index (χ0) is 22.4. The number of amides is 1. The van der Waals surface area contributed by atoms with E-state index in [4.69, 9.17) is 4.74 Å². The highest BCUT2D eigenvalue weighted by Crippen LogP contribution is 2.36. The summed E-state index contributed by atoms with van der Waals surface area (Å²) in [6.45, 7) is 3.92. The van der Waals surface area contributed by atoms with Gasteiger partial charge in [-0.15, -0.1) is 0 Å². The Morgan fingerprint density at radius 3 is 2.42 bits per heavy atom. The van der Waals surface area contributed by atoms with Crippen molar-refractivity contribution in [3.63, 3.8) is 0 Å². The standard InChI is InChI=1S/C25H33NO5/c1-16(2)31-23-14-21(25(30)18-6-4-3-5-7-18)19(12-22(23)28)13-24(29)26-20-10-8-17(15-27)9-11-20/h3-7,12,14,16-17,20,25,27-28,30H,8-11,13,15H2,1-2H3,(H,26,29). The Morgan fingerprint density at radius 2 is 1.81 bits per heavy atom. The molecule has 0 bridgehead atoms. The molecule has 1 saturated carbocycles. The summed E-state index contributed by atoms with van der Waals surface area (Å²) in [6, 6.07) is 12.5. The highest BCUT2D eigenvalue weighted by molar-refractivity contribution is 5.79. The number of hydrogen-bond donors (Lipinski definition) is 4. The van der Waals surface area contributed by atoms with Crippen LogP contribution >= 0.6 is 0 Å². The molecule has 0 aliphatic heterocycles. The molecule has 6 heteroatoms. The van der Waals surface area contributed by atoms with Crippen molar-refractivity contribution in [2.75, 3.05) is 6.61 Å². The first-order valence-electron chi connectivity index (χ1n) is 11.0. The van der Waals surface area contributed by atoms with Crippen LogP contribution in [0.25, 0.3) is 0 Å². The number of phenols is 1. The Labute approximate surface area is 183 Å². The van der Waals surface area contributed by atoms with Gasteiger partial charge in [-0.1, -0.05) is 30.3 Å². The minimum atomic E-state index is -0.945. The highest BCUT2D eigenvalue weighted by Gasteiger charge is 2.24. The maximum absolute atomic E-state index is 12.8. The first kappa shape index (κ1) is 23.1. The SMILES string of the molecule is CC(C)Oc1cc(C(O)c2ccccc2)c(CC(=O)NC2CCC(CO)CC2)cc1O. The Hall–Kier alpha value is -2.57. The Kier molecular flexibility index (Phi) is 7.93. The monoisotopic (exact) mass is 427 g/mol. The average Bonchev–Trinajstić information content (AvgIpc) is 2.76. The number of aromatic hydroxyl groups is 1. The highest BCUT2D eigenvalue weighted by atomic mass is 16.5. The van der Waals surface area contributed by atoms with Gasteiger partial charge in [0.2, 0.25) is 5.91 Å². The van der Waals surface area contributed by atoms with Crippen molar-refractivity contribution in [2.45, 2.75) is 64.2 Å². The molecule has 1 fully saturated rings. The van der Waals surface area contributed by atoms with E-state index < -0.39 is 6.10 Å². The van der Waals surface area contributed by atoms with Crippen LogP contribution in [-0.2, 0) is 11.2 Å². The molecule has 4 N–H and O–H groups in total. The second kappa shape index (κ2) is 10.6. The molecule has 2 aromatic rings. The van der Waals surface area contributed by atoms with Crippen LogP contribution in [0.4, 0.5) is 0 Å². The van der Waals surface area contributed by atoms with Gasteiger partial charge in [-0.2, -0.15) is 0 Å². The predicted octanol–water partition coefficient (Wildman–Crippen LogP) is 3.47. The van der Waals surface area contributed by atoms with Crippen LogP contribution in [-0.4, -0.2) is 40.0 Å². The average molecular weight is 428 g/mol. The van der Waals surface area contributed by atoms with Gasteiger partial charge in [-0.05, 0) is 74.3 Å². The molecule has 1 atom stereocenters. The molecular formula is C25H33NO5. The zero-order valence-electron chi connectivity index (χ0n) is 18.3. The van der Waals surface area contributed by atoms with E-state index in [1.165, 1.54) is 6.07 Å². The van der Waals surface area contributed by atoms with Crippen molar-refractivity contribution < 1.29 is 24.9 Å². The smallest absolute Gasteiger partial charge is 0.224 e. The molecule has 0 radical (unpaired) electrons. The lowest BCUT2D eigenvalue weighted by molar-refractivity contribution is -0.121. The number of aliphatic hydroxyl groups is 2. The number of nitrogens with one attached hydrogen (secondary N) is 1. The van der Waals surface area contributed by atoms with Gasteiger partial charge in [0, 0.05) is 12.6 Å². The van der Waals surface area contributed by atoms with E-state index >= 15 is 0 Å². The minimum Gasteiger partial charge on any atom is -0.504 e. The number of phenolic OH excluding ortho intramolecular Hbond substituents is 1. The normalized spacial score (nSPS) is 19.8. The molecule has 31 heavy (non-hydrogen) atoms. The number of aliphatic hydroxyl groups excluding tert-OH is 2. The van der Waals surface area contributed by atoms with Crippen LogP contribution < -0.4 is 10.1 Å². The van der Waals surface area contributed by atoms with Crippen LogP contribution in [0.1, 0.15) is 62.3 Å². The number of hydrogen-bond acceptors (Lipinski definition) is 5. The van der Waals surface area contributed by atoms with E-state index in [0.717, 1.165) is 25.7 Å². The van der Waals surface area contributed by atoms with Crippen LogP contribution in [0.15, 0.2) is 42.5 Å². The lowest BCUT2D eigenvalue weighted by atomic mass is 9.86. The third-order valence-corrected chi connectivity index (χ3v) is 5.81. The molecule has 1 aliphatic carbocycles. The summed E-state index contributed by atoms with van der Waals surface area (Å²) in [6.07, 6.45) is 2.47. The molecular weight excluding hydrogens is 394 g/mol. The van der Waals surface area contributed by atoms with Crippen molar-refractivity contribution in [3.05, 3.63) is 59.2 Å². The Morgan fingerprint density at radius 1 is 1.13 bits per heavy atom. The van der Waals surface area contributed by atoms with Crippen LogP contribution in [0.5, 0.6) is 11.5 Å². The zero-order valence-corrected chi connectivity index (χ0v) is 18.3. The molecule has 6 nitrogen and oxygen atoms in total. The number of rotatable bonds is 8. The molecule has 0 heterocycles. The quantitative estimate of drug-likeness (QED) is 0.517. The fraction of sp³-hybridized carbons (Fsp3) is 0.480. The first-order chi connectivity index (χ1) is 14.9. The third-order valence-electron chi connectivity index (χ3n) is 5.81. The lowest BCUT2D eigenvalue weighted by Gasteiger charge is -2.28. The molecule has 0 aromatic heterocycles. The maximum atomic E-state index is 12.8. The van der Waals surface area contributed by atoms with Crippen molar-refractivity contribution in [3.8, 4) is 11.5 Å². The molecule has 1 aliphatic rings. The maximum Gasteiger partial charge on any atom is 0.224 e. The van der Waals surface area contributed by atoms with Gasteiger partial charge < -0.3 is 25.4 Å². The van der Waals surface area contributed by atoms with E-state index in [2.05, 4.69) is 5.32 Å². The first-order valence-corrected chi connectivity index (χ1v) is 11.0. The van der Waals surface area contributed by atoms with Gasteiger partial charge in [0.25, 0.3) is 0 Å². The second-order valence-corrected chi connectivity index (χ2v) is 8.64. The molecule has 3 rings (SSSR count). The van der Waals surface area contributed by atoms with Gasteiger partial charge in [-0.25, -0.2) is 0 Å². The minimum absolute atomic E-state index is 0.0503. The molecule has 1 unspecified atom stereocenters. The number of carbonyl (C=O) groups excluding carboxylic acids is 1. The molecule has 0 spiro atoms. The summed E-state index contributed by atoms with van der Waals surface area (Å²) >= 11 is 0. The largest absolute Gasteiger partial charge is 0.504 e. The summed E-state index contributed by atoms with van der Waals surface area (Å²) in [5, 5.41) is 33.8. The second-order valence-electron chi connectivity index (χ2n) is 8.64. The summed E-state index contributed by atoms with van der Waals surface area (Å²) in [5.74, 6) is 0.410. The molecule has 1 amide bonds. The molecule has 0 saturated heterocycles. The Bertz CT molecular complexity index is 860. The van der Waals surface area contributed by atoms with E-state index in [0.29, 0.717) is 22.6 Å². The van der Waals surface area contributed by atoms with Gasteiger partial charge in [0.1, 0.15) is 6.10 Å². The van der Waals surface area contributed by atoms with Crippen molar-refractivity contribution >= 4 is 5.91 Å². The van der Waals surface area contributed by atoms with Gasteiger partial charge in [0.15, 0.2) is 11.5 Å². The van der Waals surface area contributed by atoms with Gasteiger partial charge in [0.05, 0.1) is 12.5 Å². The predicted molar refractivity (Wildman–Crippen MR) is 119 cm³/mol. The summed E-state index contributed by atoms with van der Waals surface area (Å²) in [7, 11) is 0. The fourth-order valence-corrected chi connectivity index (χ4v) is 4.14. The lowest BCUT2D eigenvalue weighted by Crippen LogP contribution is -2.39. The third kappa shape index (κ3) is 6.21. The van der Waals surface area contributed by atoms with E-state index in [1.807, 2.05) is 44.2 Å².